The van der Waals surface area contributed by atoms with Gasteiger partial charge in [-0.25, -0.2) is 4.98 Å². The molecule has 0 bridgehead atoms. The number of fused-ring (bicyclic) bond motifs is 1. The number of anilines is 1. The Labute approximate surface area is 107 Å². The molecule has 1 fully saturated rings. The normalized spacial score (nSPS) is 15.1. The summed E-state index contributed by atoms with van der Waals surface area (Å²) in [5, 5.41) is 4.53. The van der Waals surface area contributed by atoms with Gasteiger partial charge in [0.25, 0.3) is 0 Å². The minimum atomic E-state index is 0.200. The van der Waals surface area contributed by atoms with Crippen molar-refractivity contribution < 1.29 is 4.74 Å². The van der Waals surface area contributed by atoms with Gasteiger partial charge in [-0.3, -0.25) is 0 Å². The number of nitrogens with zero attached hydrogens (tertiary/aromatic N) is 1. The van der Waals surface area contributed by atoms with Crippen LogP contribution in [0.1, 0.15) is 26.7 Å². The Morgan fingerprint density at radius 2 is 2.06 bits per heavy atom. The van der Waals surface area contributed by atoms with Gasteiger partial charge in [-0.15, -0.1) is 0 Å². The van der Waals surface area contributed by atoms with Crippen LogP contribution in [0, 0.1) is 0 Å². The molecule has 1 aromatic carbocycles. The Morgan fingerprint density at radius 1 is 1.22 bits per heavy atom. The highest BCUT2D eigenvalue weighted by Crippen LogP contribution is 2.26. The maximum Gasteiger partial charge on any atom is 0.126 e. The van der Waals surface area contributed by atoms with E-state index < -0.39 is 0 Å². The zero-order valence-corrected chi connectivity index (χ0v) is 10.8. The van der Waals surface area contributed by atoms with Gasteiger partial charge in [-0.2, -0.15) is 0 Å². The molecule has 1 heterocycles. The Kier molecular flexibility index (Phi) is 2.82. The van der Waals surface area contributed by atoms with Crippen molar-refractivity contribution >= 4 is 16.7 Å². The number of aromatic nitrogens is 1. The van der Waals surface area contributed by atoms with Gasteiger partial charge < -0.3 is 10.1 Å². The standard InChI is InChI=1S/C15H18N2O/c1-10(2)18-13-6-7-14-11(9-13)3-8-15(17-14)16-12-4-5-12/h3,6-10,12H,4-5H2,1-2H3,(H,16,17). The Morgan fingerprint density at radius 3 is 2.78 bits per heavy atom. The second kappa shape index (κ2) is 4.48. The molecule has 1 saturated carbocycles. The summed E-state index contributed by atoms with van der Waals surface area (Å²) in [6.45, 7) is 4.07. The summed E-state index contributed by atoms with van der Waals surface area (Å²) in [6.07, 6.45) is 2.73. The molecule has 3 nitrogen and oxygen atoms in total. The first-order valence-electron chi connectivity index (χ1n) is 6.55. The number of hydrogen-bond acceptors (Lipinski definition) is 3. The average Bonchev–Trinajstić information content (AvgIpc) is 3.12. The molecule has 1 aliphatic rings. The van der Waals surface area contributed by atoms with Crippen LogP contribution in [0.2, 0.25) is 0 Å². The topological polar surface area (TPSA) is 34.1 Å². The first-order chi connectivity index (χ1) is 8.70. The van der Waals surface area contributed by atoms with E-state index in [4.69, 9.17) is 4.74 Å². The summed E-state index contributed by atoms with van der Waals surface area (Å²) in [6, 6.07) is 10.8. The lowest BCUT2D eigenvalue weighted by Crippen LogP contribution is -2.05. The molecule has 0 unspecified atom stereocenters. The monoisotopic (exact) mass is 242 g/mol. The summed E-state index contributed by atoms with van der Waals surface area (Å²) in [4.78, 5) is 4.61. The van der Waals surface area contributed by atoms with Crippen molar-refractivity contribution in [3.8, 4) is 5.75 Å². The van der Waals surface area contributed by atoms with E-state index in [2.05, 4.69) is 16.4 Å². The number of rotatable bonds is 4. The predicted octanol–water partition coefficient (Wildman–Crippen LogP) is 3.60. The molecule has 1 aromatic heterocycles. The second-order valence-electron chi connectivity index (χ2n) is 5.14. The fourth-order valence-electron chi connectivity index (χ4n) is 1.97. The zero-order chi connectivity index (χ0) is 12.5. The van der Waals surface area contributed by atoms with Crippen molar-refractivity contribution in [2.45, 2.75) is 38.8 Å². The van der Waals surface area contributed by atoms with Gasteiger partial charge in [0, 0.05) is 11.4 Å². The highest BCUT2D eigenvalue weighted by Gasteiger charge is 2.21. The minimum absolute atomic E-state index is 0.200. The van der Waals surface area contributed by atoms with Crippen LogP contribution in [0.5, 0.6) is 5.75 Å². The number of nitrogens with one attached hydrogen (secondary N) is 1. The molecule has 0 spiro atoms. The van der Waals surface area contributed by atoms with Crippen molar-refractivity contribution in [3.05, 3.63) is 30.3 Å². The number of benzene rings is 1. The quantitative estimate of drug-likeness (QED) is 0.889. The first kappa shape index (κ1) is 11.3. The van der Waals surface area contributed by atoms with Gasteiger partial charge >= 0.3 is 0 Å². The van der Waals surface area contributed by atoms with Crippen LogP contribution in [0.4, 0.5) is 5.82 Å². The van der Waals surface area contributed by atoms with Crippen LogP contribution < -0.4 is 10.1 Å². The lowest BCUT2D eigenvalue weighted by Gasteiger charge is -2.10. The van der Waals surface area contributed by atoms with Crippen LogP contribution >= 0.6 is 0 Å². The van der Waals surface area contributed by atoms with Gasteiger partial charge in [0.05, 0.1) is 11.6 Å². The van der Waals surface area contributed by atoms with Crippen LogP contribution in [0.3, 0.4) is 0 Å². The third-order valence-electron chi connectivity index (χ3n) is 2.96. The number of pyridine rings is 1. The zero-order valence-electron chi connectivity index (χ0n) is 10.8. The molecule has 0 radical (unpaired) electrons. The van der Waals surface area contributed by atoms with Crippen molar-refractivity contribution in [1.82, 2.24) is 4.98 Å². The van der Waals surface area contributed by atoms with Gasteiger partial charge in [0.15, 0.2) is 0 Å². The molecule has 0 saturated heterocycles. The summed E-state index contributed by atoms with van der Waals surface area (Å²) in [7, 11) is 0. The second-order valence-corrected chi connectivity index (χ2v) is 5.14. The Balaban J connectivity index is 1.87. The molecule has 3 rings (SSSR count). The summed E-state index contributed by atoms with van der Waals surface area (Å²) < 4.78 is 5.68. The fourth-order valence-corrected chi connectivity index (χ4v) is 1.97. The van der Waals surface area contributed by atoms with E-state index in [1.807, 2.05) is 38.1 Å². The maximum atomic E-state index is 5.68. The molecule has 0 aliphatic heterocycles. The third-order valence-corrected chi connectivity index (χ3v) is 2.96. The summed E-state index contributed by atoms with van der Waals surface area (Å²) in [5.41, 5.74) is 1.01. The van der Waals surface area contributed by atoms with E-state index in [1.165, 1.54) is 12.8 Å². The minimum Gasteiger partial charge on any atom is -0.491 e. The lowest BCUT2D eigenvalue weighted by molar-refractivity contribution is 0.243. The molecule has 94 valence electrons. The van der Waals surface area contributed by atoms with Gasteiger partial charge in [-0.1, -0.05) is 0 Å². The lowest BCUT2D eigenvalue weighted by atomic mass is 10.2. The van der Waals surface area contributed by atoms with Crippen molar-refractivity contribution in [2.24, 2.45) is 0 Å². The van der Waals surface area contributed by atoms with Gasteiger partial charge in [-0.05, 0) is 57.0 Å². The number of ether oxygens (including phenoxy) is 1. The molecule has 1 aliphatic carbocycles. The summed E-state index contributed by atoms with van der Waals surface area (Å²) >= 11 is 0. The SMILES string of the molecule is CC(C)Oc1ccc2nc(NC3CC3)ccc2c1. The molecular formula is C15H18N2O. The fraction of sp³-hybridized carbons (Fsp3) is 0.400. The smallest absolute Gasteiger partial charge is 0.126 e. The predicted molar refractivity (Wildman–Crippen MR) is 74.2 cm³/mol. The van der Waals surface area contributed by atoms with Crippen molar-refractivity contribution in [1.29, 1.82) is 0 Å². The van der Waals surface area contributed by atoms with Crippen LogP contribution in [0.25, 0.3) is 10.9 Å². The summed E-state index contributed by atoms with van der Waals surface area (Å²) in [5.74, 6) is 1.88. The highest BCUT2D eigenvalue weighted by atomic mass is 16.5. The largest absolute Gasteiger partial charge is 0.491 e. The van der Waals surface area contributed by atoms with Gasteiger partial charge in [0.2, 0.25) is 0 Å². The maximum absolute atomic E-state index is 5.68. The molecule has 1 N–H and O–H groups in total. The molecular weight excluding hydrogens is 224 g/mol. The Hall–Kier alpha value is -1.77. The van der Waals surface area contributed by atoms with Crippen LogP contribution in [-0.2, 0) is 0 Å². The highest BCUT2D eigenvalue weighted by molar-refractivity contribution is 5.81. The van der Waals surface area contributed by atoms with E-state index in [0.29, 0.717) is 6.04 Å². The van der Waals surface area contributed by atoms with E-state index >= 15 is 0 Å². The molecule has 0 amide bonds. The number of hydrogen-bond donors (Lipinski definition) is 1. The molecule has 0 atom stereocenters. The molecule has 2 aromatic rings. The van der Waals surface area contributed by atoms with E-state index in [-0.39, 0.29) is 6.10 Å². The van der Waals surface area contributed by atoms with Crippen LogP contribution in [-0.4, -0.2) is 17.1 Å². The first-order valence-corrected chi connectivity index (χ1v) is 6.55. The Bertz CT molecular complexity index is 518. The van der Waals surface area contributed by atoms with E-state index in [9.17, 15) is 0 Å². The third kappa shape index (κ3) is 2.55. The average molecular weight is 242 g/mol. The van der Waals surface area contributed by atoms with Crippen molar-refractivity contribution in [2.75, 3.05) is 5.32 Å². The van der Waals surface area contributed by atoms with Crippen LogP contribution in [0.15, 0.2) is 30.3 Å². The molecule has 18 heavy (non-hydrogen) atoms. The molecule has 3 heteroatoms. The van der Waals surface area contributed by atoms with E-state index in [1.54, 1.807) is 0 Å². The van der Waals surface area contributed by atoms with E-state index in [0.717, 1.165) is 22.5 Å². The van der Waals surface area contributed by atoms with Gasteiger partial charge in [0.1, 0.15) is 11.6 Å². The van der Waals surface area contributed by atoms with Crippen molar-refractivity contribution in [3.63, 3.8) is 0 Å².